The molecule has 20 heavy (non-hydrogen) atoms. The lowest BCUT2D eigenvalue weighted by Gasteiger charge is -2.15. The van der Waals surface area contributed by atoms with E-state index in [1.165, 1.54) is 11.3 Å². The molecule has 0 fully saturated rings. The maximum atomic E-state index is 9.04. The van der Waals surface area contributed by atoms with Gasteiger partial charge in [-0.1, -0.05) is 13.8 Å². The smallest absolute Gasteiger partial charge is 0.0683 e. The van der Waals surface area contributed by atoms with Crippen LogP contribution in [0.3, 0.4) is 0 Å². The second kappa shape index (κ2) is 6.90. The molecule has 0 radical (unpaired) electrons. The molecule has 4 nitrogen and oxygen atoms in total. The fourth-order valence-corrected chi connectivity index (χ4v) is 2.24. The van der Waals surface area contributed by atoms with Crippen LogP contribution in [0.4, 0.5) is 0 Å². The van der Waals surface area contributed by atoms with Gasteiger partial charge in [-0.15, -0.1) is 0 Å². The highest BCUT2D eigenvalue weighted by atomic mass is 15.3. The van der Waals surface area contributed by atoms with Crippen LogP contribution in [-0.2, 0) is 13.1 Å². The van der Waals surface area contributed by atoms with Crippen molar-refractivity contribution in [2.45, 2.75) is 73.5 Å². The number of nitriles is 1. The second-order valence-corrected chi connectivity index (χ2v) is 6.51. The zero-order valence-corrected chi connectivity index (χ0v) is 13.7. The average molecular weight is 276 g/mol. The van der Waals surface area contributed by atoms with Gasteiger partial charge in [-0.05, 0) is 40.5 Å². The van der Waals surface area contributed by atoms with Crippen molar-refractivity contribution in [3.8, 4) is 6.07 Å². The average Bonchev–Trinajstić information content (AvgIpc) is 2.62. The minimum atomic E-state index is -0.238. The summed E-state index contributed by atoms with van der Waals surface area (Å²) in [5.74, 6) is 0. The second-order valence-electron chi connectivity index (χ2n) is 6.51. The summed E-state index contributed by atoms with van der Waals surface area (Å²) in [7, 11) is 0. The molecule has 1 rings (SSSR count). The fraction of sp³-hybridized carbons (Fsp3) is 0.750. The van der Waals surface area contributed by atoms with Crippen LogP contribution < -0.4 is 5.32 Å². The van der Waals surface area contributed by atoms with E-state index in [-0.39, 0.29) is 5.41 Å². The number of aryl methyl sites for hydroxylation is 2. The number of nitrogens with zero attached hydrogens (tertiary/aromatic N) is 3. The molecule has 112 valence electrons. The Kier molecular flexibility index (Phi) is 5.76. The molecule has 4 heteroatoms. The quantitative estimate of drug-likeness (QED) is 0.831. The van der Waals surface area contributed by atoms with E-state index in [1.54, 1.807) is 0 Å². The highest BCUT2D eigenvalue weighted by Gasteiger charge is 2.17. The highest BCUT2D eigenvalue weighted by molar-refractivity contribution is 5.24. The molecule has 0 spiro atoms. The third-order valence-corrected chi connectivity index (χ3v) is 3.69. The molecule has 1 aromatic heterocycles. The number of hydrogen-bond acceptors (Lipinski definition) is 3. The largest absolute Gasteiger partial charge is 0.310 e. The summed E-state index contributed by atoms with van der Waals surface area (Å²) in [5.41, 5.74) is 3.41. The van der Waals surface area contributed by atoms with Crippen LogP contribution in [0.1, 0.15) is 57.5 Å². The van der Waals surface area contributed by atoms with Crippen LogP contribution in [0.25, 0.3) is 0 Å². The Balaban J connectivity index is 2.64. The Morgan fingerprint density at radius 2 is 2.00 bits per heavy atom. The van der Waals surface area contributed by atoms with Crippen LogP contribution in [0, 0.1) is 30.6 Å². The lowest BCUT2D eigenvalue weighted by atomic mass is 9.90. The summed E-state index contributed by atoms with van der Waals surface area (Å²) in [6.07, 6.45) is 1.89. The molecule has 1 N–H and O–H groups in total. The van der Waals surface area contributed by atoms with Crippen LogP contribution >= 0.6 is 0 Å². The van der Waals surface area contributed by atoms with E-state index in [4.69, 9.17) is 5.26 Å². The zero-order valence-electron chi connectivity index (χ0n) is 13.7. The molecule has 1 aromatic rings. The molecule has 0 saturated heterocycles. The van der Waals surface area contributed by atoms with E-state index in [1.807, 2.05) is 13.8 Å². The predicted octanol–water partition coefficient (Wildman–Crippen LogP) is 3.33. The Bertz CT molecular complexity index is 477. The van der Waals surface area contributed by atoms with Gasteiger partial charge >= 0.3 is 0 Å². The van der Waals surface area contributed by atoms with Crippen molar-refractivity contribution >= 4 is 0 Å². The molecular formula is C16H28N4. The van der Waals surface area contributed by atoms with Crippen molar-refractivity contribution in [2.24, 2.45) is 5.41 Å². The Morgan fingerprint density at radius 3 is 2.55 bits per heavy atom. The Hall–Kier alpha value is -1.34. The van der Waals surface area contributed by atoms with Crippen molar-refractivity contribution in [3.63, 3.8) is 0 Å². The zero-order chi connectivity index (χ0) is 15.3. The first kappa shape index (κ1) is 16.7. The maximum Gasteiger partial charge on any atom is 0.0683 e. The van der Waals surface area contributed by atoms with E-state index >= 15 is 0 Å². The van der Waals surface area contributed by atoms with E-state index in [0.717, 1.165) is 31.6 Å². The van der Waals surface area contributed by atoms with E-state index in [0.29, 0.717) is 6.04 Å². The molecule has 0 aromatic carbocycles. The monoisotopic (exact) mass is 276 g/mol. The highest BCUT2D eigenvalue weighted by Crippen LogP contribution is 2.22. The van der Waals surface area contributed by atoms with E-state index < -0.39 is 0 Å². The first-order valence-corrected chi connectivity index (χ1v) is 7.44. The third-order valence-electron chi connectivity index (χ3n) is 3.69. The molecule has 0 amide bonds. The van der Waals surface area contributed by atoms with Crippen molar-refractivity contribution < 1.29 is 0 Å². The molecule has 0 aliphatic heterocycles. The molecule has 0 atom stereocenters. The normalized spacial score (nSPS) is 11.9. The van der Waals surface area contributed by atoms with Gasteiger partial charge in [-0.3, -0.25) is 4.68 Å². The van der Waals surface area contributed by atoms with Gasteiger partial charge in [-0.2, -0.15) is 10.4 Å². The van der Waals surface area contributed by atoms with Crippen molar-refractivity contribution in [1.29, 1.82) is 5.26 Å². The van der Waals surface area contributed by atoms with Crippen molar-refractivity contribution in [3.05, 3.63) is 17.0 Å². The lowest BCUT2D eigenvalue weighted by Crippen LogP contribution is -2.22. The predicted molar refractivity (Wildman–Crippen MR) is 82.3 cm³/mol. The van der Waals surface area contributed by atoms with Gasteiger partial charge < -0.3 is 5.32 Å². The van der Waals surface area contributed by atoms with Crippen LogP contribution in [0.15, 0.2) is 0 Å². The molecule has 0 unspecified atom stereocenters. The Labute approximate surface area is 123 Å². The standard InChI is InChI=1S/C16H28N4/c1-12(2)18-10-15-13(3)19-20(14(15)4)9-7-8-16(5,6)11-17/h12,18H,7-10H2,1-6H3. The van der Waals surface area contributed by atoms with Gasteiger partial charge in [0.05, 0.1) is 17.2 Å². The molecule has 0 bridgehead atoms. The maximum absolute atomic E-state index is 9.04. The van der Waals surface area contributed by atoms with Gasteiger partial charge in [-0.25, -0.2) is 0 Å². The number of aromatic nitrogens is 2. The van der Waals surface area contributed by atoms with Gasteiger partial charge in [0.1, 0.15) is 0 Å². The topological polar surface area (TPSA) is 53.6 Å². The molecule has 1 heterocycles. The van der Waals surface area contributed by atoms with Crippen molar-refractivity contribution in [2.75, 3.05) is 0 Å². The molecule has 0 saturated carbocycles. The number of rotatable bonds is 7. The third kappa shape index (κ3) is 4.64. The fourth-order valence-electron chi connectivity index (χ4n) is 2.24. The molecule has 0 aliphatic carbocycles. The summed E-state index contributed by atoms with van der Waals surface area (Å²) in [4.78, 5) is 0. The number of nitrogens with one attached hydrogen (secondary N) is 1. The van der Waals surface area contributed by atoms with Crippen LogP contribution in [0.5, 0.6) is 0 Å². The number of hydrogen-bond donors (Lipinski definition) is 1. The minimum absolute atomic E-state index is 0.238. The van der Waals surface area contributed by atoms with Gasteiger partial charge in [0.15, 0.2) is 0 Å². The first-order chi connectivity index (χ1) is 9.26. The molecular weight excluding hydrogens is 248 g/mol. The minimum Gasteiger partial charge on any atom is -0.310 e. The summed E-state index contributed by atoms with van der Waals surface area (Å²) < 4.78 is 2.08. The van der Waals surface area contributed by atoms with Crippen LogP contribution in [0.2, 0.25) is 0 Å². The summed E-state index contributed by atoms with van der Waals surface area (Å²) in [6, 6.07) is 2.83. The summed E-state index contributed by atoms with van der Waals surface area (Å²) >= 11 is 0. The lowest BCUT2D eigenvalue weighted by molar-refractivity contribution is 0.404. The van der Waals surface area contributed by atoms with Crippen LogP contribution in [-0.4, -0.2) is 15.8 Å². The van der Waals surface area contributed by atoms with Gasteiger partial charge in [0.25, 0.3) is 0 Å². The SMILES string of the molecule is Cc1nn(CCCC(C)(C)C#N)c(C)c1CNC(C)C. The summed E-state index contributed by atoms with van der Waals surface area (Å²) in [6.45, 7) is 14.3. The van der Waals surface area contributed by atoms with E-state index in [9.17, 15) is 0 Å². The Morgan fingerprint density at radius 1 is 1.35 bits per heavy atom. The first-order valence-electron chi connectivity index (χ1n) is 7.44. The van der Waals surface area contributed by atoms with Gasteiger partial charge in [0, 0.05) is 30.4 Å². The molecule has 0 aliphatic rings. The van der Waals surface area contributed by atoms with Gasteiger partial charge in [0.2, 0.25) is 0 Å². The van der Waals surface area contributed by atoms with Crippen molar-refractivity contribution in [1.82, 2.24) is 15.1 Å². The summed E-state index contributed by atoms with van der Waals surface area (Å²) in [5, 5.41) is 17.1. The van der Waals surface area contributed by atoms with E-state index in [2.05, 4.69) is 48.9 Å².